The molecular formula is C23H21N3O2. The Bertz CT molecular complexity index is 956. The average molecular weight is 371 g/mol. The van der Waals surface area contributed by atoms with Gasteiger partial charge in [0.1, 0.15) is 0 Å². The van der Waals surface area contributed by atoms with Gasteiger partial charge in [-0.2, -0.15) is 0 Å². The van der Waals surface area contributed by atoms with Crippen molar-refractivity contribution in [2.24, 2.45) is 5.92 Å². The first-order chi connectivity index (χ1) is 13.7. The van der Waals surface area contributed by atoms with E-state index in [1.54, 1.807) is 4.90 Å². The molecule has 3 aromatic carbocycles. The maximum atomic E-state index is 12.6. The molecule has 4 rings (SSSR count). The monoisotopic (exact) mass is 371 g/mol. The van der Waals surface area contributed by atoms with E-state index in [0.717, 1.165) is 17.1 Å². The molecule has 0 spiro atoms. The number of anilines is 4. The second-order valence-electron chi connectivity index (χ2n) is 6.80. The van der Waals surface area contributed by atoms with E-state index in [0.29, 0.717) is 12.2 Å². The third kappa shape index (κ3) is 4.04. The molecular weight excluding hydrogens is 350 g/mol. The number of carbonyl (C=O) groups excluding carboxylic acids is 2. The molecule has 2 N–H and O–H groups in total. The van der Waals surface area contributed by atoms with Crippen LogP contribution in [0.1, 0.15) is 6.42 Å². The number of benzene rings is 3. The van der Waals surface area contributed by atoms with Crippen molar-refractivity contribution in [3.63, 3.8) is 0 Å². The summed E-state index contributed by atoms with van der Waals surface area (Å²) in [5.74, 6) is -0.501. The largest absolute Gasteiger partial charge is 0.356 e. The molecule has 5 nitrogen and oxygen atoms in total. The number of rotatable bonds is 5. The number of nitrogens with one attached hydrogen (secondary N) is 2. The summed E-state index contributed by atoms with van der Waals surface area (Å²) in [6, 6.07) is 26.9. The van der Waals surface area contributed by atoms with Gasteiger partial charge < -0.3 is 15.5 Å². The third-order valence-electron chi connectivity index (χ3n) is 4.78. The number of hydrogen-bond donors (Lipinski definition) is 2. The van der Waals surface area contributed by atoms with Gasteiger partial charge in [0, 0.05) is 35.7 Å². The van der Waals surface area contributed by atoms with Gasteiger partial charge in [-0.15, -0.1) is 0 Å². The second-order valence-corrected chi connectivity index (χ2v) is 6.80. The molecule has 1 aliphatic heterocycles. The van der Waals surface area contributed by atoms with Crippen LogP contribution < -0.4 is 15.5 Å². The summed E-state index contributed by atoms with van der Waals surface area (Å²) in [6.45, 7) is 0.405. The molecule has 5 heteroatoms. The van der Waals surface area contributed by atoms with Crippen LogP contribution >= 0.6 is 0 Å². The van der Waals surface area contributed by atoms with Crippen molar-refractivity contribution >= 4 is 34.6 Å². The molecule has 1 heterocycles. The van der Waals surface area contributed by atoms with Gasteiger partial charge in [-0.05, 0) is 48.5 Å². The zero-order chi connectivity index (χ0) is 19.3. The summed E-state index contributed by atoms with van der Waals surface area (Å²) in [4.78, 5) is 26.6. The van der Waals surface area contributed by atoms with Gasteiger partial charge in [0.15, 0.2) is 0 Å². The van der Waals surface area contributed by atoms with Gasteiger partial charge >= 0.3 is 0 Å². The van der Waals surface area contributed by atoms with Gasteiger partial charge in [0.05, 0.1) is 5.92 Å². The lowest BCUT2D eigenvalue weighted by Crippen LogP contribution is -2.28. The van der Waals surface area contributed by atoms with Gasteiger partial charge in [-0.1, -0.05) is 36.4 Å². The summed E-state index contributed by atoms with van der Waals surface area (Å²) < 4.78 is 0. The van der Waals surface area contributed by atoms with Gasteiger partial charge in [-0.25, -0.2) is 0 Å². The molecule has 3 aromatic rings. The summed E-state index contributed by atoms with van der Waals surface area (Å²) in [7, 11) is 0. The van der Waals surface area contributed by atoms with Crippen molar-refractivity contribution < 1.29 is 9.59 Å². The molecule has 0 bridgehead atoms. The van der Waals surface area contributed by atoms with Crippen LogP contribution in [0.15, 0.2) is 84.9 Å². The van der Waals surface area contributed by atoms with Crippen LogP contribution in [-0.2, 0) is 9.59 Å². The molecule has 1 unspecified atom stereocenters. The average Bonchev–Trinajstić information content (AvgIpc) is 3.13. The van der Waals surface area contributed by atoms with Crippen molar-refractivity contribution in [2.75, 3.05) is 22.1 Å². The number of carbonyl (C=O) groups is 2. The van der Waals surface area contributed by atoms with E-state index in [1.165, 1.54) is 0 Å². The zero-order valence-electron chi connectivity index (χ0n) is 15.3. The molecule has 2 amide bonds. The predicted octanol–water partition coefficient (Wildman–Crippen LogP) is 4.42. The van der Waals surface area contributed by atoms with Crippen LogP contribution in [0, 0.1) is 5.92 Å². The lowest BCUT2D eigenvalue weighted by molar-refractivity contribution is -0.122. The summed E-state index contributed by atoms with van der Waals surface area (Å²) in [5, 5.41) is 6.23. The topological polar surface area (TPSA) is 61.4 Å². The van der Waals surface area contributed by atoms with Crippen LogP contribution in [-0.4, -0.2) is 18.4 Å². The van der Waals surface area contributed by atoms with Gasteiger partial charge in [0.2, 0.25) is 11.8 Å². The first-order valence-corrected chi connectivity index (χ1v) is 9.27. The lowest BCUT2D eigenvalue weighted by Gasteiger charge is -2.16. The summed E-state index contributed by atoms with van der Waals surface area (Å²) in [5.41, 5.74) is 3.49. The second kappa shape index (κ2) is 7.96. The Morgan fingerprint density at radius 2 is 1.36 bits per heavy atom. The number of para-hydroxylation sites is 2. The standard InChI is InChI=1S/C23H21N3O2/c27-22-15-17(16-26(22)21-9-5-2-6-10-21)23(28)25-20-13-11-19(12-14-20)24-18-7-3-1-4-8-18/h1-14,17,24H,15-16H2,(H,25,28). The van der Waals surface area contributed by atoms with E-state index < -0.39 is 0 Å². The molecule has 0 radical (unpaired) electrons. The van der Waals surface area contributed by atoms with Crippen molar-refractivity contribution in [3.8, 4) is 0 Å². The minimum Gasteiger partial charge on any atom is -0.356 e. The SMILES string of the molecule is O=C(Nc1ccc(Nc2ccccc2)cc1)C1CC(=O)N(c2ccccc2)C1. The van der Waals surface area contributed by atoms with Crippen molar-refractivity contribution in [3.05, 3.63) is 84.9 Å². The van der Waals surface area contributed by atoms with Gasteiger partial charge in [-0.3, -0.25) is 9.59 Å². The first-order valence-electron chi connectivity index (χ1n) is 9.27. The van der Waals surface area contributed by atoms with E-state index in [-0.39, 0.29) is 24.2 Å². The van der Waals surface area contributed by atoms with Gasteiger partial charge in [0.25, 0.3) is 0 Å². The van der Waals surface area contributed by atoms with E-state index in [1.807, 2.05) is 84.9 Å². The fourth-order valence-corrected chi connectivity index (χ4v) is 3.31. The number of hydrogen-bond acceptors (Lipinski definition) is 3. The molecule has 0 saturated carbocycles. The molecule has 0 aliphatic carbocycles. The molecule has 140 valence electrons. The van der Waals surface area contributed by atoms with E-state index in [9.17, 15) is 9.59 Å². The summed E-state index contributed by atoms with van der Waals surface area (Å²) in [6.07, 6.45) is 0.231. The van der Waals surface area contributed by atoms with Crippen molar-refractivity contribution in [1.82, 2.24) is 0 Å². The predicted molar refractivity (Wildman–Crippen MR) is 112 cm³/mol. The highest BCUT2D eigenvalue weighted by molar-refractivity contribution is 6.03. The minimum absolute atomic E-state index is 0.0197. The molecule has 1 aliphatic rings. The van der Waals surface area contributed by atoms with Crippen LogP contribution in [0.5, 0.6) is 0 Å². The Balaban J connectivity index is 1.37. The van der Waals surface area contributed by atoms with Crippen LogP contribution in [0.25, 0.3) is 0 Å². The van der Waals surface area contributed by atoms with Crippen LogP contribution in [0.2, 0.25) is 0 Å². The van der Waals surface area contributed by atoms with Crippen molar-refractivity contribution in [2.45, 2.75) is 6.42 Å². The number of amides is 2. The van der Waals surface area contributed by atoms with E-state index in [2.05, 4.69) is 10.6 Å². The van der Waals surface area contributed by atoms with E-state index in [4.69, 9.17) is 0 Å². The Hall–Kier alpha value is -3.60. The van der Waals surface area contributed by atoms with Crippen molar-refractivity contribution in [1.29, 1.82) is 0 Å². The molecule has 1 saturated heterocycles. The first kappa shape index (κ1) is 17.8. The quantitative estimate of drug-likeness (QED) is 0.698. The smallest absolute Gasteiger partial charge is 0.229 e. The normalized spacial score (nSPS) is 16.1. The van der Waals surface area contributed by atoms with Crippen LogP contribution in [0.4, 0.5) is 22.7 Å². The molecule has 28 heavy (non-hydrogen) atoms. The highest BCUT2D eigenvalue weighted by atomic mass is 16.2. The Morgan fingerprint density at radius 3 is 2.04 bits per heavy atom. The third-order valence-corrected chi connectivity index (χ3v) is 4.78. The Morgan fingerprint density at radius 1 is 0.786 bits per heavy atom. The maximum absolute atomic E-state index is 12.6. The molecule has 0 aromatic heterocycles. The molecule has 1 atom stereocenters. The lowest BCUT2D eigenvalue weighted by atomic mass is 10.1. The Labute approximate surface area is 164 Å². The minimum atomic E-state index is -0.352. The fraction of sp³-hybridized carbons (Fsp3) is 0.130. The van der Waals surface area contributed by atoms with Crippen LogP contribution in [0.3, 0.4) is 0 Å². The van der Waals surface area contributed by atoms with E-state index >= 15 is 0 Å². The Kier molecular flexibility index (Phi) is 5.06. The highest BCUT2D eigenvalue weighted by Gasteiger charge is 2.35. The molecule has 1 fully saturated rings. The summed E-state index contributed by atoms with van der Waals surface area (Å²) >= 11 is 0. The zero-order valence-corrected chi connectivity index (χ0v) is 15.3. The number of nitrogens with zero attached hydrogens (tertiary/aromatic N) is 1. The highest BCUT2D eigenvalue weighted by Crippen LogP contribution is 2.26. The fourth-order valence-electron chi connectivity index (χ4n) is 3.31. The maximum Gasteiger partial charge on any atom is 0.229 e.